The molecule has 1 aliphatic rings. The topological polar surface area (TPSA) is 137 Å². The molecule has 0 radical (unpaired) electrons. The molecule has 0 aliphatic carbocycles. The number of fused-ring (bicyclic) bond motifs is 1. The maximum atomic E-state index is 14.2. The van der Waals surface area contributed by atoms with Crippen molar-refractivity contribution in [2.45, 2.75) is 56.0 Å². The molecular formula is C46H49ClN4O5S. The Kier molecular flexibility index (Phi) is 13.4. The van der Waals surface area contributed by atoms with E-state index >= 15 is 0 Å². The summed E-state index contributed by atoms with van der Waals surface area (Å²) >= 11 is 7.71. The van der Waals surface area contributed by atoms with Crippen LogP contribution in [-0.2, 0) is 25.5 Å². The van der Waals surface area contributed by atoms with Gasteiger partial charge in [-0.05, 0) is 61.2 Å². The molecular weight excluding hydrogens is 756 g/mol. The van der Waals surface area contributed by atoms with Crippen LogP contribution in [0.3, 0.4) is 0 Å². The van der Waals surface area contributed by atoms with Gasteiger partial charge in [0, 0.05) is 35.7 Å². The Morgan fingerprint density at radius 2 is 1.40 bits per heavy atom. The molecule has 2 amide bonds. The summed E-state index contributed by atoms with van der Waals surface area (Å²) in [6.07, 6.45) is 0.711. The maximum absolute atomic E-state index is 14.2. The number of thioether (sulfide) groups is 1. The Bertz CT molecular complexity index is 2040. The summed E-state index contributed by atoms with van der Waals surface area (Å²) in [5.41, 5.74) is 9.99. The predicted molar refractivity (Wildman–Crippen MR) is 227 cm³/mol. The number of rotatable bonds is 15. The molecule has 296 valence electrons. The van der Waals surface area contributed by atoms with E-state index < -0.39 is 34.1 Å². The predicted octanol–water partition coefficient (Wildman–Crippen LogP) is 7.85. The lowest BCUT2D eigenvalue weighted by Gasteiger charge is -2.38. The number of ether oxygens (including phenoxy) is 2. The molecule has 1 aliphatic heterocycles. The summed E-state index contributed by atoms with van der Waals surface area (Å²) in [7, 11) is 0. The van der Waals surface area contributed by atoms with Gasteiger partial charge in [-0.15, -0.1) is 11.8 Å². The number of carbonyl (C=O) groups excluding carboxylic acids is 3. The highest BCUT2D eigenvalue weighted by molar-refractivity contribution is 8.00. The number of halogens is 1. The Labute approximate surface area is 344 Å². The van der Waals surface area contributed by atoms with Gasteiger partial charge in [-0.25, -0.2) is 5.01 Å². The Morgan fingerprint density at radius 3 is 1.93 bits per heavy atom. The zero-order chi connectivity index (χ0) is 40.6. The quantitative estimate of drug-likeness (QED) is 0.0422. The number of primary amides is 1. The highest BCUT2D eigenvalue weighted by Crippen LogP contribution is 2.49. The second-order valence-electron chi connectivity index (χ2n) is 15.2. The third kappa shape index (κ3) is 10.1. The number of nitrogens with two attached hydrogens (primary N) is 2. The molecule has 1 heterocycles. The number of hydrogen-bond donors (Lipinski definition) is 3. The van der Waals surface area contributed by atoms with Crippen LogP contribution in [0.15, 0.2) is 133 Å². The summed E-state index contributed by atoms with van der Waals surface area (Å²) in [5.74, 6) is 5.55. The van der Waals surface area contributed by atoms with Gasteiger partial charge >= 0.3 is 5.97 Å². The molecule has 6 rings (SSSR count). The normalized spacial score (nSPS) is 15.2. The van der Waals surface area contributed by atoms with E-state index in [0.717, 1.165) is 22.3 Å². The van der Waals surface area contributed by atoms with Crippen molar-refractivity contribution in [2.24, 2.45) is 17.5 Å². The van der Waals surface area contributed by atoms with Gasteiger partial charge in [0.05, 0.1) is 28.9 Å². The van der Waals surface area contributed by atoms with E-state index in [0.29, 0.717) is 28.5 Å². The van der Waals surface area contributed by atoms with Gasteiger partial charge in [0.25, 0.3) is 5.91 Å². The summed E-state index contributed by atoms with van der Waals surface area (Å²) < 4.78 is 11.5. The summed E-state index contributed by atoms with van der Waals surface area (Å²) in [6, 6.07) is 41.9. The standard InChI is InChI=1S/C46H49ClN4O5S/c1-45(2,3)56-44(54)32(30-57-46(33-14-7-4-8-15-33,34-16-9-5-10-17-34)35-18-11-6-12-19-35)29-51(49)40-26-27-55-41-37(40)20-13-21-38(41)43(53)50-39(42(48)52)28-31-22-24-36(47)25-23-31/h4-25,32,39-40H,26-30,49H2,1-3H3,(H2,48,52)(H,50,53)/t32-,39-,40?/m0/s1. The average Bonchev–Trinajstić information content (AvgIpc) is 3.21. The molecule has 5 N–H and O–H groups in total. The van der Waals surface area contributed by atoms with E-state index in [2.05, 4.69) is 41.7 Å². The third-order valence-electron chi connectivity index (χ3n) is 9.90. The second kappa shape index (κ2) is 18.4. The van der Waals surface area contributed by atoms with Gasteiger partial charge < -0.3 is 20.5 Å². The van der Waals surface area contributed by atoms with E-state index in [1.807, 2.05) is 81.4 Å². The Balaban J connectivity index is 1.29. The lowest BCUT2D eigenvalue weighted by molar-refractivity contribution is -0.160. The van der Waals surface area contributed by atoms with Crippen molar-refractivity contribution in [3.8, 4) is 5.75 Å². The molecule has 0 saturated heterocycles. The molecule has 0 fully saturated rings. The van der Waals surface area contributed by atoms with Crippen molar-refractivity contribution in [1.29, 1.82) is 0 Å². The lowest BCUT2D eigenvalue weighted by Crippen LogP contribution is -2.46. The molecule has 0 spiro atoms. The molecule has 0 aromatic heterocycles. The largest absolute Gasteiger partial charge is 0.492 e. The lowest BCUT2D eigenvalue weighted by atomic mass is 9.84. The molecule has 11 heteroatoms. The first-order chi connectivity index (χ1) is 27.4. The van der Waals surface area contributed by atoms with E-state index in [-0.39, 0.29) is 37.1 Å². The Morgan fingerprint density at radius 1 is 0.842 bits per heavy atom. The van der Waals surface area contributed by atoms with Crippen molar-refractivity contribution in [3.05, 3.63) is 172 Å². The third-order valence-corrected chi connectivity index (χ3v) is 11.9. The van der Waals surface area contributed by atoms with Crippen molar-refractivity contribution < 1.29 is 23.9 Å². The minimum Gasteiger partial charge on any atom is -0.492 e. The summed E-state index contributed by atoms with van der Waals surface area (Å²) in [4.78, 5) is 40.4. The average molecular weight is 805 g/mol. The molecule has 1 unspecified atom stereocenters. The van der Waals surface area contributed by atoms with Crippen molar-refractivity contribution in [2.75, 3.05) is 18.9 Å². The van der Waals surface area contributed by atoms with Gasteiger partial charge in [0.1, 0.15) is 17.4 Å². The van der Waals surface area contributed by atoms with Gasteiger partial charge in [-0.3, -0.25) is 20.2 Å². The molecule has 57 heavy (non-hydrogen) atoms. The fraction of sp³-hybridized carbons (Fsp3) is 0.283. The SMILES string of the molecule is CC(C)(C)OC(=O)[C@H](CSC(c1ccccc1)(c1ccccc1)c1ccccc1)CN(N)C1CCOc2c(C(=O)N[C@@H](Cc3ccc(Cl)cc3)C(N)=O)cccc21. The fourth-order valence-corrected chi connectivity index (χ4v) is 8.93. The van der Waals surface area contributed by atoms with Crippen LogP contribution >= 0.6 is 23.4 Å². The number of hydrazine groups is 1. The first kappa shape index (κ1) is 41.5. The Hall–Kier alpha value is -5.13. The van der Waals surface area contributed by atoms with E-state index in [1.165, 1.54) is 0 Å². The van der Waals surface area contributed by atoms with Crippen LogP contribution in [0.25, 0.3) is 0 Å². The number of esters is 1. The molecule has 5 aromatic rings. The van der Waals surface area contributed by atoms with Crippen molar-refractivity contribution in [1.82, 2.24) is 10.3 Å². The summed E-state index contributed by atoms with van der Waals surface area (Å²) in [5, 5.41) is 5.02. The first-order valence-electron chi connectivity index (χ1n) is 19.0. The van der Waals surface area contributed by atoms with Crippen LogP contribution < -0.4 is 21.6 Å². The number of para-hydroxylation sites is 1. The van der Waals surface area contributed by atoms with E-state index in [9.17, 15) is 14.4 Å². The van der Waals surface area contributed by atoms with Gasteiger partial charge in [-0.1, -0.05) is 127 Å². The second-order valence-corrected chi connectivity index (χ2v) is 16.8. The molecule has 3 atom stereocenters. The zero-order valence-corrected chi connectivity index (χ0v) is 34.0. The highest BCUT2D eigenvalue weighted by atomic mass is 35.5. The van der Waals surface area contributed by atoms with Gasteiger partial charge in [0.2, 0.25) is 5.91 Å². The first-order valence-corrected chi connectivity index (χ1v) is 20.4. The molecule has 0 saturated carbocycles. The van der Waals surface area contributed by atoms with E-state index in [4.69, 9.17) is 32.7 Å². The number of nitrogens with zero attached hydrogens (tertiary/aromatic N) is 1. The van der Waals surface area contributed by atoms with Crippen LogP contribution in [0, 0.1) is 5.92 Å². The molecule has 0 bridgehead atoms. The van der Waals surface area contributed by atoms with Crippen LogP contribution in [0.2, 0.25) is 5.02 Å². The fourth-order valence-electron chi connectivity index (χ4n) is 7.20. The van der Waals surface area contributed by atoms with Gasteiger partial charge in [0.15, 0.2) is 0 Å². The number of amides is 2. The number of benzene rings is 5. The van der Waals surface area contributed by atoms with Crippen LogP contribution in [0.4, 0.5) is 0 Å². The number of hydrogen-bond acceptors (Lipinski definition) is 8. The zero-order valence-electron chi connectivity index (χ0n) is 32.4. The van der Waals surface area contributed by atoms with Crippen molar-refractivity contribution >= 4 is 41.1 Å². The minimum atomic E-state index is -0.971. The van der Waals surface area contributed by atoms with Crippen LogP contribution in [0.5, 0.6) is 5.75 Å². The highest BCUT2D eigenvalue weighted by Gasteiger charge is 2.40. The van der Waals surface area contributed by atoms with E-state index in [1.54, 1.807) is 53.2 Å². The molecule has 5 aromatic carbocycles. The molecule has 9 nitrogen and oxygen atoms in total. The maximum Gasteiger partial charge on any atom is 0.311 e. The number of carbonyl (C=O) groups is 3. The number of nitrogens with one attached hydrogen (secondary N) is 1. The van der Waals surface area contributed by atoms with Crippen molar-refractivity contribution in [3.63, 3.8) is 0 Å². The monoisotopic (exact) mass is 804 g/mol. The minimum absolute atomic E-state index is 0.168. The summed E-state index contributed by atoms with van der Waals surface area (Å²) in [6.45, 7) is 6.03. The van der Waals surface area contributed by atoms with Crippen LogP contribution in [-0.4, -0.2) is 53.3 Å². The smallest absolute Gasteiger partial charge is 0.311 e. The van der Waals surface area contributed by atoms with Crippen LogP contribution in [0.1, 0.15) is 71.4 Å². The van der Waals surface area contributed by atoms with Gasteiger partial charge in [-0.2, -0.15) is 0 Å².